The van der Waals surface area contributed by atoms with E-state index in [4.69, 9.17) is 20.4 Å². The zero-order valence-electron chi connectivity index (χ0n) is 16.9. The second-order valence-corrected chi connectivity index (χ2v) is 7.57. The van der Waals surface area contributed by atoms with E-state index in [1.807, 2.05) is 66.7 Å². The topological polar surface area (TPSA) is 51.5 Å². The van der Waals surface area contributed by atoms with Crippen molar-refractivity contribution in [3.63, 3.8) is 0 Å². The van der Waals surface area contributed by atoms with Gasteiger partial charge in [-0.3, -0.25) is 4.99 Å². The van der Waals surface area contributed by atoms with Crippen LogP contribution in [0.15, 0.2) is 92.7 Å². The number of fused-ring (bicyclic) bond motifs is 1. The third-order valence-corrected chi connectivity index (χ3v) is 5.41. The van der Waals surface area contributed by atoms with Crippen LogP contribution in [0.3, 0.4) is 0 Å². The van der Waals surface area contributed by atoms with Crippen LogP contribution in [0.2, 0.25) is 5.02 Å². The summed E-state index contributed by atoms with van der Waals surface area (Å²) >= 11 is 6.24. The predicted molar refractivity (Wildman–Crippen MR) is 125 cm³/mol. The molecule has 0 aliphatic carbocycles. The highest BCUT2D eigenvalue weighted by atomic mass is 35.5. The molecule has 0 saturated carbocycles. The van der Waals surface area contributed by atoms with Gasteiger partial charge in [0, 0.05) is 11.1 Å². The van der Waals surface area contributed by atoms with E-state index in [0.29, 0.717) is 22.4 Å². The Bertz CT molecular complexity index is 1380. The summed E-state index contributed by atoms with van der Waals surface area (Å²) in [4.78, 5) is 9.13. The number of benzene rings is 3. The van der Waals surface area contributed by atoms with Crippen molar-refractivity contribution in [1.82, 2.24) is 4.98 Å². The zero-order valence-corrected chi connectivity index (χ0v) is 17.6. The van der Waals surface area contributed by atoms with Gasteiger partial charge in [0.25, 0.3) is 0 Å². The van der Waals surface area contributed by atoms with E-state index >= 15 is 0 Å². The van der Waals surface area contributed by atoms with Crippen molar-refractivity contribution in [1.29, 1.82) is 0 Å². The molecule has 0 aliphatic rings. The number of hydrogen-bond donors (Lipinski definition) is 0. The van der Waals surface area contributed by atoms with Crippen molar-refractivity contribution in [3.8, 4) is 22.8 Å². The van der Waals surface area contributed by atoms with Crippen molar-refractivity contribution >= 4 is 34.6 Å². The fourth-order valence-electron chi connectivity index (χ4n) is 3.37. The van der Waals surface area contributed by atoms with Crippen LogP contribution in [0, 0.1) is 0 Å². The van der Waals surface area contributed by atoms with Gasteiger partial charge in [0.2, 0.25) is 5.89 Å². The van der Waals surface area contributed by atoms with Crippen LogP contribution >= 0.6 is 11.6 Å². The van der Waals surface area contributed by atoms with E-state index in [1.54, 1.807) is 6.21 Å². The monoisotopic (exact) mass is 426 g/mol. The van der Waals surface area contributed by atoms with Gasteiger partial charge in [-0.2, -0.15) is 0 Å². The number of nitrogens with zero attached hydrogens (tertiary/aromatic N) is 2. The summed E-state index contributed by atoms with van der Waals surface area (Å²) in [6.07, 6.45) is 2.67. The number of halogens is 1. The second kappa shape index (κ2) is 8.25. The fraction of sp³-hybridized carbons (Fsp3) is 0.0769. The highest BCUT2D eigenvalue weighted by Crippen LogP contribution is 2.29. The normalized spacial score (nSPS) is 11.5. The zero-order chi connectivity index (χ0) is 21.2. The van der Waals surface area contributed by atoms with Crippen LogP contribution in [0.5, 0.6) is 0 Å². The molecule has 0 atom stereocenters. The van der Waals surface area contributed by atoms with E-state index in [9.17, 15) is 0 Å². The molecule has 4 nitrogen and oxygen atoms in total. The largest absolute Gasteiger partial charge is 0.455 e. The van der Waals surface area contributed by atoms with Crippen LogP contribution in [-0.2, 0) is 6.42 Å². The average Bonchev–Trinajstić information content (AvgIpc) is 3.45. The third-order valence-electron chi connectivity index (χ3n) is 5.08. The molecule has 5 rings (SSSR count). The summed E-state index contributed by atoms with van der Waals surface area (Å²) in [5.74, 6) is 1.98. The van der Waals surface area contributed by atoms with Gasteiger partial charge in [-0.25, -0.2) is 4.98 Å². The van der Waals surface area contributed by atoms with Crippen molar-refractivity contribution < 1.29 is 8.83 Å². The average molecular weight is 427 g/mol. The van der Waals surface area contributed by atoms with E-state index < -0.39 is 0 Å². The molecule has 2 aromatic heterocycles. The summed E-state index contributed by atoms with van der Waals surface area (Å²) in [6, 6.07) is 25.2. The Labute approximate surface area is 184 Å². The Morgan fingerprint density at radius 2 is 1.77 bits per heavy atom. The van der Waals surface area contributed by atoms with Gasteiger partial charge in [0.1, 0.15) is 17.0 Å². The van der Waals surface area contributed by atoms with Crippen LogP contribution < -0.4 is 0 Å². The first-order valence-electron chi connectivity index (χ1n) is 10.1. The Morgan fingerprint density at radius 1 is 0.935 bits per heavy atom. The smallest absolute Gasteiger partial charge is 0.227 e. The molecule has 0 unspecified atom stereocenters. The SMILES string of the molecule is CCc1ccc2oc(-c3ccc(N=Cc4ccc(-c5ccccc5Cl)o4)cc3)nc2c1. The molecule has 152 valence electrons. The number of furan rings is 1. The molecular weight excluding hydrogens is 408 g/mol. The van der Waals surface area contributed by atoms with Crippen molar-refractivity contribution in [3.05, 3.63) is 95.2 Å². The summed E-state index contributed by atoms with van der Waals surface area (Å²) < 4.78 is 11.8. The number of aromatic nitrogens is 1. The van der Waals surface area contributed by atoms with Crippen molar-refractivity contribution in [2.75, 3.05) is 0 Å². The van der Waals surface area contributed by atoms with Gasteiger partial charge < -0.3 is 8.83 Å². The van der Waals surface area contributed by atoms with Gasteiger partial charge in [-0.05, 0) is 72.6 Å². The Balaban J connectivity index is 1.34. The van der Waals surface area contributed by atoms with Crippen molar-refractivity contribution in [2.24, 2.45) is 4.99 Å². The first-order valence-corrected chi connectivity index (χ1v) is 10.5. The summed E-state index contributed by atoms with van der Waals surface area (Å²) in [5, 5.41) is 0.654. The lowest BCUT2D eigenvalue weighted by molar-refractivity contribution is 0.575. The number of hydrogen-bond acceptors (Lipinski definition) is 4. The minimum absolute atomic E-state index is 0.606. The Morgan fingerprint density at radius 3 is 2.58 bits per heavy atom. The minimum atomic E-state index is 0.606. The maximum Gasteiger partial charge on any atom is 0.227 e. The fourth-order valence-corrected chi connectivity index (χ4v) is 3.60. The van der Waals surface area contributed by atoms with Gasteiger partial charge in [0.05, 0.1) is 16.9 Å². The third kappa shape index (κ3) is 4.03. The lowest BCUT2D eigenvalue weighted by Crippen LogP contribution is -1.79. The molecule has 5 heteroatoms. The molecule has 0 bridgehead atoms. The molecule has 3 aromatic carbocycles. The van der Waals surface area contributed by atoms with Crippen LogP contribution in [0.4, 0.5) is 5.69 Å². The number of aryl methyl sites for hydroxylation is 1. The Hall–Kier alpha value is -3.63. The lowest BCUT2D eigenvalue weighted by Gasteiger charge is -1.99. The van der Waals surface area contributed by atoms with Gasteiger partial charge in [-0.1, -0.05) is 36.7 Å². The quantitative estimate of drug-likeness (QED) is 0.270. The van der Waals surface area contributed by atoms with Crippen LogP contribution in [0.25, 0.3) is 33.9 Å². The molecule has 0 spiro atoms. The number of aliphatic imine (C=N–C) groups is 1. The minimum Gasteiger partial charge on any atom is -0.455 e. The summed E-state index contributed by atoms with van der Waals surface area (Å²) in [5.41, 5.74) is 5.49. The maximum atomic E-state index is 6.24. The summed E-state index contributed by atoms with van der Waals surface area (Å²) in [7, 11) is 0. The van der Waals surface area contributed by atoms with Crippen molar-refractivity contribution in [2.45, 2.75) is 13.3 Å². The molecule has 2 heterocycles. The molecular formula is C26H19ClN2O2. The van der Waals surface area contributed by atoms with Gasteiger partial charge >= 0.3 is 0 Å². The molecule has 0 amide bonds. The molecule has 0 N–H and O–H groups in total. The second-order valence-electron chi connectivity index (χ2n) is 7.16. The standard InChI is InChI=1S/C26H19ClN2O2/c1-2-17-7-13-25-23(15-17)29-26(31-25)18-8-10-19(11-9-18)28-16-20-12-14-24(30-20)21-5-3-4-6-22(21)27/h3-16H,2H2,1H3. The first-order chi connectivity index (χ1) is 15.2. The van der Waals surface area contributed by atoms with Crippen LogP contribution in [0.1, 0.15) is 18.2 Å². The van der Waals surface area contributed by atoms with E-state index in [-0.39, 0.29) is 0 Å². The van der Waals surface area contributed by atoms with Crippen LogP contribution in [-0.4, -0.2) is 11.2 Å². The summed E-state index contributed by atoms with van der Waals surface area (Å²) in [6.45, 7) is 2.13. The van der Waals surface area contributed by atoms with E-state index in [2.05, 4.69) is 29.0 Å². The maximum absolute atomic E-state index is 6.24. The Kier molecular flexibility index (Phi) is 5.14. The lowest BCUT2D eigenvalue weighted by atomic mass is 10.1. The molecule has 0 saturated heterocycles. The molecule has 0 radical (unpaired) electrons. The highest BCUT2D eigenvalue weighted by Gasteiger charge is 2.09. The first kappa shape index (κ1) is 19.3. The van der Waals surface area contributed by atoms with E-state index in [1.165, 1.54) is 5.56 Å². The van der Waals surface area contributed by atoms with Gasteiger partial charge in [-0.15, -0.1) is 0 Å². The molecule has 31 heavy (non-hydrogen) atoms. The highest BCUT2D eigenvalue weighted by molar-refractivity contribution is 6.33. The molecule has 0 fully saturated rings. The molecule has 5 aromatic rings. The predicted octanol–water partition coefficient (Wildman–Crippen LogP) is 7.72. The van der Waals surface area contributed by atoms with Gasteiger partial charge in [0.15, 0.2) is 5.58 Å². The number of rotatable bonds is 5. The number of oxazole rings is 1. The molecule has 0 aliphatic heterocycles. The van der Waals surface area contributed by atoms with E-state index in [0.717, 1.165) is 34.3 Å².